The normalized spacial score (nSPS) is 19.9. The van der Waals surface area contributed by atoms with E-state index in [-0.39, 0.29) is 12.5 Å². The van der Waals surface area contributed by atoms with Gasteiger partial charge in [-0.1, -0.05) is 12.1 Å². The van der Waals surface area contributed by atoms with Gasteiger partial charge in [0.05, 0.1) is 18.8 Å². The zero-order valence-corrected chi connectivity index (χ0v) is 9.71. The molecule has 7 heteroatoms. The molecule has 1 aromatic carbocycles. The Bertz CT molecular complexity index is 454. The van der Waals surface area contributed by atoms with Crippen molar-refractivity contribution in [3.05, 3.63) is 35.6 Å². The van der Waals surface area contributed by atoms with Crippen molar-refractivity contribution in [2.75, 3.05) is 6.61 Å². The fraction of sp³-hybridized carbons (Fsp3) is 0.417. The second-order valence-corrected chi connectivity index (χ2v) is 4.27. The molecule has 0 aliphatic carbocycles. The van der Waals surface area contributed by atoms with E-state index in [2.05, 4.69) is 0 Å². The van der Waals surface area contributed by atoms with E-state index in [9.17, 15) is 22.4 Å². The van der Waals surface area contributed by atoms with Crippen molar-refractivity contribution < 1.29 is 27.1 Å². The van der Waals surface area contributed by atoms with E-state index < -0.39 is 23.9 Å². The number of rotatable bonds is 4. The Morgan fingerprint density at radius 2 is 1.95 bits per heavy atom. The van der Waals surface area contributed by atoms with Gasteiger partial charge in [0.25, 0.3) is 0 Å². The minimum Gasteiger partial charge on any atom is -0.373 e. The minimum atomic E-state index is -4.94. The van der Waals surface area contributed by atoms with Crippen molar-refractivity contribution in [2.45, 2.75) is 24.7 Å². The van der Waals surface area contributed by atoms with Crippen LogP contribution in [-0.2, 0) is 9.53 Å². The van der Waals surface area contributed by atoms with Gasteiger partial charge in [-0.3, -0.25) is 4.79 Å². The van der Waals surface area contributed by atoms with E-state index in [1.54, 1.807) is 0 Å². The van der Waals surface area contributed by atoms with Crippen LogP contribution < -0.4 is 5.32 Å². The Morgan fingerprint density at radius 1 is 1.37 bits per heavy atom. The van der Waals surface area contributed by atoms with Gasteiger partial charge in [0.1, 0.15) is 5.82 Å². The summed E-state index contributed by atoms with van der Waals surface area (Å²) < 4.78 is 54.4. The van der Waals surface area contributed by atoms with E-state index in [1.807, 2.05) is 5.32 Å². The molecule has 1 aromatic rings. The lowest BCUT2D eigenvalue weighted by Crippen LogP contribution is -2.39. The highest BCUT2D eigenvalue weighted by atomic mass is 19.4. The molecule has 0 bridgehead atoms. The Labute approximate surface area is 106 Å². The molecule has 0 aromatic heterocycles. The summed E-state index contributed by atoms with van der Waals surface area (Å²) in [6.45, 7) is 0.458. The van der Waals surface area contributed by atoms with Crippen molar-refractivity contribution in [2.24, 2.45) is 0 Å². The zero-order valence-electron chi connectivity index (χ0n) is 9.71. The Balaban J connectivity index is 2.11. The molecule has 1 fully saturated rings. The largest absolute Gasteiger partial charge is 0.471 e. The quantitative estimate of drug-likeness (QED) is 0.678. The van der Waals surface area contributed by atoms with Gasteiger partial charge >= 0.3 is 12.1 Å². The highest BCUT2D eigenvalue weighted by Crippen LogP contribution is 2.27. The van der Waals surface area contributed by atoms with Gasteiger partial charge in [-0.05, 0) is 17.7 Å². The SMILES string of the molecule is O=C(N[C@@H](C[C@@H]1CO1)c1ccc(F)cc1)C(F)(F)F. The predicted molar refractivity (Wildman–Crippen MR) is 57.7 cm³/mol. The average Bonchev–Trinajstić information content (AvgIpc) is 3.12. The topological polar surface area (TPSA) is 41.6 Å². The van der Waals surface area contributed by atoms with Gasteiger partial charge in [0.15, 0.2) is 0 Å². The van der Waals surface area contributed by atoms with Crippen LogP contribution in [0.5, 0.6) is 0 Å². The summed E-state index contributed by atoms with van der Waals surface area (Å²) in [7, 11) is 0. The van der Waals surface area contributed by atoms with Gasteiger partial charge in [0.2, 0.25) is 0 Å². The molecule has 0 unspecified atom stereocenters. The van der Waals surface area contributed by atoms with Crippen LogP contribution in [0.3, 0.4) is 0 Å². The molecule has 3 nitrogen and oxygen atoms in total. The average molecular weight is 277 g/mol. The first-order chi connectivity index (χ1) is 8.86. The van der Waals surface area contributed by atoms with Gasteiger partial charge in [-0.15, -0.1) is 0 Å². The number of ether oxygens (including phenoxy) is 1. The van der Waals surface area contributed by atoms with Crippen LogP contribution in [-0.4, -0.2) is 24.8 Å². The molecular formula is C12H11F4NO2. The number of carbonyl (C=O) groups is 1. The van der Waals surface area contributed by atoms with E-state index >= 15 is 0 Å². The second kappa shape index (κ2) is 5.16. The monoisotopic (exact) mass is 277 g/mol. The molecule has 2 atom stereocenters. The van der Waals surface area contributed by atoms with E-state index in [0.717, 1.165) is 12.1 Å². The summed E-state index contributed by atoms with van der Waals surface area (Å²) in [6.07, 6.45) is -4.88. The van der Waals surface area contributed by atoms with Crippen molar-refractivity contribution >= 4 is 5.91 Å². The third kappa shape index (κ3) is 3.92. The summed E-state index contributed by atoms with van der Waals surface area (Å²) in [5.41, 5.74) is 0.412. The summed E-state index contributed by atoms with van der Waals surface area (Å²) in [5, 5.41) is 1.90. The summed E-state index contributed by atoms with van der Waals surface area (Å²) >= 11 is 0. The molecule has 0 spiro atoms. The number of hydrogen-bond acceptors (Lipinski definition) is 2. The number of nitrogens with one attached hydrogen (secondary N) is 1. The summed E-state index contributed by atoms with van der Waals surface area (Å²) in [6, 6.07) is 4.12. The van der Waals surface area contributed by atoms with Crippen LogP contribution in [0.25, 0.3) is 0 Å². The fourth-order valence-electron chi connectivity index (χ4n) is 1.68. The van der Waals surface area contributed by atoms with Gasteiger partial charge in [0, 0.05) is 6.42 Å². The van der Waals surface area contributed by atoms with E-state index in [1.165, 1.54) is 12.1 Å². The first kappa shape index (κ1) is 13.8. The smallest absolute Gasteiger partial charge is 0.373 e. The standard InChI is InChI=1S/C12H11F4NO2/c13-8-3-1-7(2-4-8)10(5-9-6-19-9)17-11(18)12(14,15)16/h1-4,9-10H,5-6H2,(H,17,18)/t9-,10+/m1/s1. The molecule has 1 heterocycles. The molecule has 104 valence electrons. The number of benzene rings is 1. The Morgan fingerprint density at radius 3 is 2.42 bits per heavy atom. The number of halogens is 4. The molecular weight excluding hydrogens is 266 g/mol. The Kier molecular flexibility index (Phi) is 3.75. The number of alkyl halides is 3. The molecule has 0 radical (unpaired) electrons. The van der Waals surface area contributed by atoms with E-state index in [0.29, 0.717) is 12.2 Å². The van der Waals surface area contributed by atoms with Crippen LogP contribution in [0.4, 0.5) is 17.6 Å². The van der Waals surface area contributed by atoms with Crippen molar-refractivity contribution in [3.63, 3.8) is 0 Å². The first-order valence-electron chi connectivity index (χ1n) is 5.61. The van der Waals surface area contributed by atoms with Gasteiger partial charge < -0.3 is 10.1 Å². The zero-order chi connectivity index (χ0) is 14.0. The predicted octanol–water partition coefficient (Wildman–Crippen LogP) is 2.33. The molecule has 1 aliphatic rings. The molecule has 2 rings (SSSR count). The number of carbonyl (C=O) groups excluding carboxylic acids is 1. The lowest BCUT2D eigenvalue weighted by Gasteiger charge is -2.19. The number of epoxide rings is 1. The van der Waals surface area contributed by atoms with Crippen LogP contribution in [0.15, 0.2) is 24.3 Å². The van der Waals surface area contributed by atoms with E-state index in [4.69, 9.17) is 4.74 Å². The maximum absolute atomic E-state index is 12.8. The van der Waals surface area contributed by atoms with Crippen molar-refractivity contribution in [1.29, 1.82) is 0 Å². The van der Waals surface area contributed by atoms with Crippen LogP contribution in [0.1, 0.15) is 18.0 Å². The highest BCUT2D eigenvalue weighted by Gasteiger charge is 2.40. The maximum Gasteiger partial charge on any atom is 0.471 e. The second-order valence-electron chi connectivity index (χ2n) is 4.27. The molecule has 1 saturated heterocycles. The minimum absolute atomic E-state index is 0.163. The fourth-order valence-corrected chi connectivity index (χ4v) is 1.68. The number of hydrogen-bond donors (Lipinski definition) is 1. The maximum atomic E-state index is 12.8. The third-order valence-corrected chi connectivity index (χ3v) is 2.74. The summed E-state index contributed by atoms with van der Waals surface area (Å²) in [4.78, 5) is 11.0. The lowest BCUT2D eigenvalue weighted by molar-refractivity contribution is -0.174. The molecule has 1 aliphatic heterocycles. The van der Waals surface area contributed by atoms with Crippen LogP contribution in [0.2, 0.25) is 0 Å². The lowest BCUT2D eigenvalue weighted by atomic mass is 10.0. The van der Waals surface area contributed by atoms with Crippen molar-refractivity contribution in [1.82, 2.24) is 5.32 Å². The van der Waals surface area contributed by atoms with Gasteiger partial charge in [-0.2, -0.15) is 13.2 Å². The summed E-state index contributed by atoms with van der Waals surface area (Å²) in [5.74, 6) is -2.50. The molecule has 0 saturated carbocycles. The van der Waals surface area contributed by atoms with Crippen LogP contribution in [0, 0.1) is 5.82 Å². The van der Waals surface area contributed by atoms with Crippen molar-refractivity contribution in [3.8, 4) is 0 Å². The molecule has 19 heavy (non-hydrogen) atoms. The number of amides is 1. The Hall–Kier alpha value is -1.63. The van der Waals surface area contributed by atoms with Gasteiger partial charge in [-0.25, -0.2) is 4.39 Å². The first-order valence-corrected chi connectivity index (χ1v) is 5.61. The highest BCUT2D eigenvalue weighted by molar-refractivity contribution is 5.82. The third-order valence-electron chi connectivity index (χ3n) is 2.74. The molecule has 1 N–H and O–H groups in total. The molecule has 1 amide bonds. The van der Waals surface area contributed by atoms with Crippen LogP contribution >= 0.6 is 0 Å².